The van der Waals surface area contributed by atoms with Crippen molar-refractivity contribution in [3.63, 3.8) is 0 Å². The van der Waals surface area contributed by atoms with E-state index >= 15 is 0 Å². The highest BCUT2D eigenvalue weighted by molar-refractivity contribution is 6.31. The minimum Gasteiger partial charge on any atom is -0.357 e. The van der Waals surface area contributed by atoms with Crippen LogP contribution in [-0.4, -0.2) is 15.5 Å². The van der Waals surface area contributed by atoms with Crippen LogP contribution in [0.1, 0.15) is 19.5 Å². The molecule has 3 nitrogen and oxygen atoms in total. The fourth-order valence-corrected chi connectivity index (χ4v) is 1.78. The number of pyridine rings is 1. The molecule has 0 saturated heterocycles. The normalized spacial score (nSPS) is 12.3. The van der Waals surface area contributed by atoms with Crippen LogP contribution in [0.5, 0.6) is 0 Å². The number of aromatic nitrogens is 2. The van der Waals surface area contributed by atoms with Crippen LogP contribution < -0.4 is 5.73 Å². The molecular weight excluding hydrogens is 210 g/mol. The first-order valence-electron chi connectivity index (χ1n) is 4.86. The molecule has 0 aliphatic carbocycles. The molecule has 0 radical (unpaired) electrons. The Bertz CT molecular complexity index is 482. The third-order valence-corrected chi connectivity index (χ3v) is 2.34. The van der Waals surface area contributed by atoms with Gasteiger partial charge in [-0.1, -0.05) is 11.6 Å². The number of nitrogens with one attached hydrogen (secondary N) is 1. The third-order valence-electron chi connectivity index (χ3n) is 2.14. The zero-order valence-electron chi connectivity index (χ0n) is 8.84. The second-order valence-electron chi connectivity index (χ2n) is 4.55. The molecule has 0 aliphatic heterocycles. The number of aromatic amines is 1. The van der Waals surface area contributed by atoms with Gasteiger partial charge in [0.05, 0.1) is 16.1 Å². The molecule has 0 unspecified atom stereocenters. The summed E-state index contributed by atoms with van der Waals surface area (Å²) in [5.41, 5.74) is 8.71. The van der Waals surface area contributed by atoms with Crippen molar-refractivity contribution in [3.05, 3.63) is 29.0 Å². The molecule has 0 fully saturated rings. The Labute approximate surface area is 93.6 Å². The van der Waals surface area contributed by atoms with Crippen LogP contribution in [0.4, 0.5) is 0 Å². The molecule has 4 heteroatoms. The van der Waals surface area contributed by atoms with Gasteiger partial charge in [-0.15, -0.1) is 0 Å². The molecule has 2 aromatic heterocycles. The van der Waals surface area contributed by atoms with Gasteiger partial charge in [0.2, 0.25) is 0 Å². The van der Waals surface area contributed by atoms with Gasteiger partial charge in [0, 0.05) is 23.9 Å². The molecule has 3 N–H and O–H groups in total. The van der Waals surface area contributed by atoms with Crippen molar-refractivity contribution in [3.8, 4) is 0 Å². The minimum absolute atomic E-state index is 0.218. The van der Waals surface area contributed by atoms with E-state index in [-0.39, 0.29) is 5.54 Å². The highest BCUT2D eigenvalue weighted by Gasteiger charge is 2.13. The van der Waals surface area contributed by atoms with Crippen LogP contribution in [0.15, 0.2) is 18.3 Å². The van der Waals surface area contributed by atoms with Gasteiger partial charge in [0.25, 0.3) is 0 Å². The summed E-state index contributed by atoms with van der Waals surface area (Å²) in [4.78, 5) is 7.49. The van der Waals surface area contributed by atoms with Crippen LogP contribution >= 0.6 is 11.6 Å². The Kier molecular flexibility index (Phi) is 2.44. The van der Waals surface area contributed by atoms with Crippen LogP contribution in [0.3, 0.4) is 0 Å². The van der Waals surface area contributed by atoms with Crippen molar-refractivity contribution in [2.45, 2.75) is 25.8 Å². The van der Waals surface area contributed by atoms with Gasteiger partial charge in [-0.25, -0.2) is 0 Å². The summed E-state index contributed by atoms with van der Waals surface area (Å²) in [6, 6.07) is 3.89. The molecule has 2 heterocycles. The summed E-state index contributed by atoms with van der Waals surface area (Å²) < 4.78 is 0. The van der Waals surface area contributed by atoms with Gasteiger partial charge in [0.1, 0.15) is 0 Å². The average molecular weight is 224 g/mol. The molecule has 0 bridgehead atoms. The molecule has 0 atom stereocenters. The highest BCUT2D eigenvalue weighted by Crippen LogP contribution is 2.19. The van der Waals surface area contributed by atoms with Gasteiger partial charge in [-0.05, 0) is 26.0 Å². The lowest BCUT2D eigenvalue weighted by Crippen LogP contribution is -2.34. The molecule has 0 aromatic carbocycles. The van der Waals surface area contributed by atoms with Gasteiger partial charge >= 0.3 is 0 Å². The van der Waals surface area contributed by atoms with Crippen molar-refractivity contribution in [1.29, 1.82) is 0 Å². The van der Waals surface area contributed by atoms with Crippen LogP contribution in [-0.2, 0) is 6.42 Å². The Balaban J connectivity index is 2.39. The van der Waals surface area contributed by atoms with E-state index in [0.717, 1.165) is 23.1 Å². The number of fused-ring (bicyclic) bond motifs is 1. The molecule has 2 rings (SSSR count). The first kappa shape index (κ1) is 10.5. The van der Waals surface area contributed by atoms with Gasteiger partial charge in [-0.3, -0.25) is 4.98 Å². The number of halogens is 1. The van der Waals surface area contributed by atoms with Crippen LogP contribution in [0.2, 0.25) is 5.02 Å². The fourth-order valence-electron chi connectivity index (χ4n) is 1.63. The van der Waals surface area contributed by atoms with E-state index in [0.29, 0.717) is 5.02 Å². The van der Waals surface area contributed by atoms with Gasteiger partial charge in [-0.2, -0.15) is 0 Å². The lowest BCUT2D eigenvalue weighted by atomic mass is 10.0. The largest absolute Gasteiger partial charge is 0.357 e. The predicted molar refractivity (Wildman–Crippen MR) is 63.1 cm³/mol. The lowest BCUT2D eigenvalue weighted by molar-refractivity contribution is 0.512. The number of hydrogen-bond donors (Lipinski definition) is 2. The first-order valence-corrected chi connectivity index (χ1v) is 5.24. The Hall–Kier alpha value is -1.06. The zero-order chi connectivity index (χ0) is 11.1. The van der Waals surface area contributed by atoms with E-state index < -0.39 is 0 Å². The monoisotopic (exact) mass is 223 g/mol. The van der Waals surface area contributed by atoms with E-state index in [9.17, 15) is 0 Å². The number of nitrogens with zero attached hydrogens (tertiary/aromatic N) is 1. The molecule has 0 aliphatic rings. The standard InChI is InChI=1S/C11H14ClN3/c1-11(2,13)5-8-4-9-10(15-8)3-7(12)6-14-9/h3-4,6,15H,5,13H2,1-2H3. The smallest absolute Gasteiger partial charge is 0.0882 e. The topological polar surface area (TPSA) is 54.7 Å². The molecule has 0 saturated carbocycles. The van der Waals surface area contributed by atoms with E-state index in [2.05, 4.69) is 9.97 Å². The second-order valence-corrected chi connectivity index (χ2v) is 4.98. The maximum Gasteiger partial charge on any atom is 0.0882 e. The second kappa shape index (κ2) is 3.51. The quantitative estimate of drug-likeness (QED) is 0.822. The number of nitrogens with two attached hydrogens (primary N) is 1. The van der Waals surface area contributed by atoms with E-state index in [1.807, 2.05) is 26.0 Å². The maximum absolute atomic E-state index is 5.95. The minimum atomic E-state index is -0.218. The Morgan fingerprint density at radius 2 is 2.20 bits per heavy atom. The number of H-pyrrole nitrogens is 1. The zero-order valence-corrected chi connectivity index (χ0v) is 9.60. The molecular formula is C11H14ClN3. The van der Waals surface area contributed by atoms with Crippen molar-refractivity contribution in [2.24, 2.45) is 5.73 Å². The molecule has 0 spiro atoms. The lowest BCUT2D eigenvalue weighted by Gasteiger charge is -2.16. The summed E-state index contributed by atoms with van der Waals surface area (Å²) in [6.45, 7) is 4.00. The van der Waals surface area contributed by atoms with Crippen molar-refractivity contribution >= 4 is 22.6 Å². The number of rotatable bonds is 2. The number of hydrogen-bond acceptors (Lipinski definition) is 2. The van der Waals surface area contributed by atoms with Crippen LogP contribution in [0.25, 0.3) is 11.0 Å². The van der Waals surface area contributed by atoms with Gasteiger partial charge < -0.3 is 10.7 Å². The predicted octanol–water partition coefficient (Wildman–Crippen LogP) is 2.50. The van der Waals surface area contributed by atoms with Crippen molar-refractivity contribution in [2.75, 3.05) is 0 Å². The van der Waals surface area contributed by atoms with Gasteiger partial charge in [0.15, 0.2) is 0 Å². The summed E-state index contributed by atoms with van der Waals surface area (Å²) in [5, 5.41) is 0.642. The molecule has 80 valence electrons. The van der Waals surface area contributed by atoms with Crippen molar-refractivity contribution in [1.82, 2.24) is 9.97 Å². The summed E-state index contributed by atoms with van der Waals surface area (Å²) in [7, 11) is 0. The highest BCUT2D eigenvalue weighted by atomic mass is 35.5. The summed E-state index contributed by atoms with van der Waals surface area (Å²) in [6.07, 6.45) is 2.44. The third kappa shape index (κ3) is 2.49. The van der Waals surface area contributed by atoms with Crippen LogP contribution in [0, 0.1) is 0 Å². The van der Waals surface area contributed by atoms with Crippen molar-refractivity contribution < 1.29 is 0 Å². The first-order chi connectivity index (χ1) is 6.94. The molecule has 2 aromatic rings. The molecule has 15 heavy (non-hydrogen) atoms. The van der Waals surface area contributed by atoms with E-state index in [4.69, 9.17) is 17.3 Å². The maximum atomic E-state index is 5.95. The Morgan fingerprint density at radius 3 is 2.87 bits per heavy atom. The summed E-state index contributed by atoms with van der Waals surface area (Å²) >= 11 is 5.85. The average Bonchev–Trinajstić information content (AvgIpc) is 2.42. The molecule has 0 amide bonds. The Morgan fingerprint density at radius 1 is 1.47 bits per heavy atom. The summed E-state index contributed by atoms with van der Waals surface area (Å²) in [5.74, 6) is 0. The van der Waals surface area contributed by atoms with E-state index in [1.54, 1.807) is 6.20 Å². The fraction of sp³-hybridized carbons (Fsp3) is 0.364. The SMILES string of the molecule is CC(C)(N)Cc1cc2ncc(Cl)cc2[nH]1. The van der Waals surface area contributed by atoms with E-state index in [1.165, 1.54) is 0 Å².